The minimum Gasteiger partial charge on any atom is -0.461 e. The van der Waals surface area contributed by atoms with Gasteiger partial charge in [-0.2, -0.15) is 0 Å². The third kappa shape index (κ3) is 2.94. The second kappa shape index (κ2) is 5.14. The van der Waals surface area contributed by atoms with Gasteiger partial charge in [-0.05, 0) is 12.1 Å². The minimum absolute atomic E-state index is 0.00808. The zero-order valence-electron chi connectivity index (χ0n) is 9.89. The van der Waals surface area contributed by atoms with Gasteiger partial charge in [0, 0.05) is 33.1 Å². The van der Waals surface area contributed by atoms with E-state index in [4.69, 9.17) is 4.42 Å². The fourth-order valence-corrected chi connectivity index (χ4v) is 1.94. The Balaban J connectivity index is 1.82. The summed E-state index contributed by atoms with van der Waals surface area (Å²) in [6.07, 6.45) is 1.50. The molecule has 0 N–H and O–H groups in total. The molecule has 1 aromatic heterocycles. The van der Waals surface area contributed by atoms with Gasteiger partial charge in [-0.3, -0.25) is 14.5 Å². The molecule has 0 aromatic carbocycles. The molecule has 0 atom stereocenters. The Hall–Kier alpha value is -1.62. The van der Waals surface area contributed by atoms with Crippen LogP contribution in [0, 0.1) is 0 Å². The van der Waals surface area contributed by atoms with Crippen molar-refractivity contribution in [2.24, 2.45) is 0 Å². The van der Waals surface area contributed by atoms with Crippen molar-refractivity contribution in [3.8, 4) is 0 Å². The first-order chi connectivity index (χ1) is 8.16. The lowest BCUT2D eigenvalue weighted by atomic mass is 10.2. The van der Waals surface area contributed by atoms with Crippen LogP contribution in [0.2, 0.25) is 0 Å². The maximum Gasteiger partial charge on any atom is 0.219 e. The molecule has 1 fully saturated rings. The Morgan fingerprint density at radius 2 is 2.00 bits per heavy atom. The van der Waals surface area contributed by atoms with Crippen LogP contribution < -0.4 is 0 Å². The van der Waals surface area contributed by atoms with E-state index >= 15 is 0 Å². The predicted molar refractivity (Wildman–Crippen MR) is 61.7 cm³/mol. The number of Topliss-reactive ketones (excluding diaryl/α,β-unsaturated/α-hetero) is 1. The van der Waals surface area contributed by atoms with E-state index in [2.05, 4.69) is 0 Å². The standard InChI is InChI=1S/C12H16N2O3/c1-10(15)14-6-4-13(5-7-14)9-11(16)12-3-2-8-17-12/h2-3,8H,4-7,9H2,1H3. The Bertz CT molecular complexity index is 392. The van der Waals surface area contributed by atoms with Gasteiger partial charge < -0.3 is 9.32 Å². The largest absolute Gasteiger partial charge is 0.461 e. The number of nitrogens with zero attached hydrogens (tertiary/aromatic N) is 2. The average Bonchev–Trinajstić information content (AvgIpc) is 2.83. The van der Waals surface area contributed by atoms with E-state index in [-0.39, 0.29) is 11.7 Å². The van der Waals surface area contributed by atoms with Crippen LogP contribution in [0.15, 0.2) is 22.8 Å². The van der Waals surface area contributed by atoms with Crippen LogP contribution in [0.4, 0.5) is 0 Å². The van der Waals surface area contributed by atoms with E-state index < -0.39 is 0 Å². The van der Waals surface area contributed by atoms with E-state index in [0.717, 1.165) is 13.1 Å². The molecular weight excluding hydrogens is 220 g/mol. The molecule has 0 radical (unpaired) electrons. The van der Waals surface area contributed by atoms with Gasteiger partial charge in [-0.25, -0.2) is 0 Å². The van der Waals surface area contributed by atoms with Gasteiger partial charge in [0.15, 0.2) is 5.76 Å². The van der Waals surface area contributed by atoms with Crippen molar-refractivity contribution in [2.75, 3.05) is 32.7 Å². The minimum atomic E-state index is -0.00808. The van der Waals surface area contributed by atoms with Gasteiger partial charge in [0.05, 0.1) is 12.8 Å². The van der Waals surface area contributed by atoms with E-state index in [1.807, 2.05) is 4.90 Å². The van der Waals surface area contributed by atoms with E-state index in [9.17, 15) is 9.59 Å². The Labute approximate surface area is 100.0 Å². The summed E-state index contributed by atoms with van der Waals surface area (Å²) < 4.78 is 5.06. The normalized spacial score (nSPS) is 17.1. The first-order valence-corrected chi connectivity index (χ1v) is 5.71. The molecule has 1 aliphatic rings. The second-order valence-electron chi connectivity index (χ2n) is 4.18. The van der Waals surface area contributed by atoms with Gasteiger partial charge in [0.1, 0.15) is 0 Å². The topological polar surface area (TPSA) is 53.8 Å². The molecule has 0 aliphatic carbocycles. The van der Waals surface area contributed by atoms with Crippen LogP contribution >= 0.6 is 0 Å². The number of hydrogen-bond donors (Lipinski definition) is 0. The van der Waals surface area contributed by atoms with E-state index in [1.165, 1.54) is 6.26 Å². The van der Waals surface area contributed by atoms with Gasteiger partial charge in [-0.1, -0.05) is 0 Å². The summed E-state index contributed by atoms with van der Waals surface area (Å²) in [4.78, 5) is 26.8. The first-order valence-electron chi connectivity index (χ1n) is 5.71. The molecule has 17 heavy (non-hydrogen) atoms. The molecule has 0 bridgehead atoms. The lowest BCUT2D eigenvalue weighted by Gasteiger charge is -2.33. The highest BCUT2D eigenvalue weighted by Gasteiger charge is 2.21. The molecule has 2 rings (SSSR count). The maximum atomic E-state index is 11.8. The van der Waals surface area contributed by atoms with Crippen molar-refractivity contribution in [1.29, 1.82) is 0 Å². The molecule has 0 unspecified atom stereocenters. The molecule has 0 spiro atoms. The highest BCUT2D eigenvalue weighted by Crippen LogP contribution is 2.06. The molecule has 1 aromatic rings. The molecule has 2 heterocycles. The van der Waals surface area contributed by atoms with Crippen molar-refractivity contribution >= 4 is 11.7 Å². The molecule has 5 nitrogen and oxygen atoms in total. The lowest BCUT2D eigenvalue weighted by molar-refractivity contribution is -0.130. The third-order valence-electron chi connectivity index (χ3n) is 2.98. The van der Waals surface area contributed by atoms with Crippen molar-refractivity contribution in [1.82, 2.24) is 9.80 Å². The van der Waals surface area contributed by atoms with Crippen molar-refractivity contribution < 1.29 is 14.0 Å². The monoisotopic (exact) mass is 236 g/mol. The summed E-state index contributed by atoms with van der Waals surface area (Å²) in [5.41, 5.74) is 0. The maximum absolute atomic E-state index is 11.8. The smallest absolute Gasteiger partial charge is 0.219 e. The number of amides is 1. The SMILES string of the molecule is CC(=O)N1CCN(CC(=O)c2ccco2)CC1. The predicted octanol–water partition coefficient (Wildman–Crippen LogP) is 0.626. The van der Waals surface area contributed by atoms with E-state index in [1.54, 1.807) is 24.0 Å². The Morgan fingerprint density at radius 3 is 2.53 bits per heavy atom. The van der Waals surface area contributed by atoms with Crippen LogP contribution in [0.5, 0.6) is 0 Å². The summed E-state index contributed by atoms with van der Waals surface area (Å²) in [7, 11) is 0. The number of carbonyl (C=O) groups is 2. The first kappa shape index (κ1) is 11.9. The molecule has 5 heteroatoms. The number of rotatable bonds is 3. The summed E-state index contributed by atoms with van der Waals surface area (Å²) in [6, 6.07) is 3.38. The fourth-order valence-electron chi connectivity index (χ4n) is 1.94. The fraction of sp³-hybridized carbons (Fsp3) is 0.500. The summed E-state index contributed by atoms with van der Waals surface area (Å²) >= 11 is 0. The summed E-state index contributed by atoms with van der Waals surface area (Å²) in [5.74, 6) is 0.493. The highest BCUT2D eigenvalue weighted by atomic mass is 16.3. The second-order valence-corrected chi connectivity index (χ2v) is 4.18. The Kier molecular flexibility index (Phi) is 3.58. The van der Waals surface area contributed by atoms with Crippen LogP contribution in [-0.4, -0.2) is 54.2 Å². The van der Waals surface area contributed by atoms with Crippen molar-refractivity contribution in [3.05, 3.63) is 24.2 Å². The van der Waals surface area contributed by atoms with Crippen molar-refractivity contribution in [2.45, 2.75) is 6.92 Å². The molecule has 1 saturated heterocycles. The van der Waals surface area contributed by atoms with Gasteiger partial charge in [0.25, 0.3) is 0 Å². The number of piperazine rings is 1. The quantitative estimate of drug-likeness (QED) is 0.722. The van der Waals surface area contributed by atoms with Crippen LogP contribution in [-0.2, 0) is 4.79 Å². The van der Waals surface area contributed by atoms with Gasteiger partial charge in [-0.15, -0.1) is 0 Å². The van der Waals surface area contributed by atoms with Crippen LogP contribution in [0.1, 0.15) is 17.5 Å². The summed E-state index contributed by atoms with van der Waals surface area (Å²) in [5, 5.41) is 0. The van der Waals surface area contributed by atoms with Crippen molar-refractivity contribution in [3.63, 3.8) is 0 Å². The molecule has 92 valence electrons. The molecule has 1 amide bonds. The molecule has 1 aliphatic heterocycles. The van der Waals surface area contributed by atoms with Gasteiger partial charge in [0.2, 0.25) is 11.7 Å². The molecular formula is C12H16N2O3. The zero-order chi connectivity index (χ0) is 12.3. The van der Waals surface area contributed by atoms with Gasteiger partial charge >= 0.3 is 0 Å². The number of carbonyl (C=O) groups excluding carboxylic acids is 2. The average molecular weight is 236 g/mol. The number of ketones is 1. The highest BCUT2D eigenvalue weighted by molar-refractivity contribution is 5.95. The Morgan fingerprint density at radius 1 is 1.29 bits per heavy atom. The van der Waals surface area contributed by atoms with E-state index in [0.29, 0.717) is 25.4 Å². The van der Waals surface area contributed by atoms with Crippen LogP contribution in [0.3, 0.4) is 0 Å². The summed E-state index contributed by atoms with van der Waals surface area (Å²) in [6.45, 7) is 4.81. The molecule has 0 saturated carbocycles. The lowest BCUT2D eigenvalue weighted by Crippen LogP contribution is -2.49. The third-order valence-corrected chi connectivity index (χ3v) is 2.98. The van der Waals surface area contributed by atoms with Crippen LogP contribution in [0.25, 0.3) is 0 Å². The number of furan rings is 1. The zero-order valence-corrected chi connectivity index (χ0v) is 9.89. The number of hydrogen-bond acceptors (Lipinski definition) is 4.